The monoisotopic (exact) mass is 254 g/mol. The molecule has 0 unspecified atom stereocenters. The summed E-state index contributed by atoms with van der Waals surface area (Å²) < 4.78 is 0. The van der Waals surface area contributed by atoms with Gasteiger partial charge in [0.05, 0.1) is 0 Å². The van der Waals surface area contributed by atoms with Gasteiger partial charge in [-0.25, -0.2) is 0 Å². The Kier molecular flexibility index (Phi) is 7.33. The number of hydrogen-bond donors (Lipinski definition) is 1. The Morgan fingerprint density at radius 2 is 1.78 bits per heavy atom. The van der Waals surface area contributed by atoms with Gasteiger partial charge in [-0.05, 0) is 51.7 Å². The summed E-state index contributed by atoms with van der Waals surface area (Å²) >= 11 is 0. The van der Waals surface area contributed by atoms with E-state index in [1.165, 1.54) is 25.9 Å². The van der Waals surface area contributed by atoms with Crippen LogP contribution in [-0.2, 0) is 4.79 Å². The predicted molar refractivity (Wildman–Crippen MR) is 76.5 cm³/mol. The first-order valence-corrected chi connectivity index (χ1v) is 7.63. The van der Waals surface area contributed by atoms with E-state index < -0.39 is 0 Å². The molecule has 18 heavy (non-hydrogen) atoms. The number of nitrogens with one attached hydrogen (secondary N) is 1. The van der Waals surface area contributed by atoms with Gasteiger partial charge in [0.25, 0.3) is 0 Å². The minimum absolute atomic E-state index is 0.242. The summed E-state index contributed by atoms with van der Waals surface area (Å²) in [5.74, 6) is 1.22. The molecule has 1 amide bonds. The van der Waals surface area contributed by atoms with Gasteiger partial charge >= 0.3 is 0 Å². The van der Waals surface area contributed by atoms with Gasteiger partial charge < -0.3 is 10.2 Å². The van der Waals surface area contributed by atoms with E-state index in [4.69, 9.17) is 0 Å². The summed E-state index contributed by atoms with van der Waals surface area (Å²) in [5.41, 5.74) is 0. The van der Waals surface area contributed by atoms with Gasteiger partial charge in [0.1, 0.15) is 0 Å². The molecular formula is C15H30N2O. The van der Waals surface area contributed by atoms with Crippen LogP contribution in [0.25, 0.3) is 0 Å². The first kappa shape index (κ1) is 15.5. The van der Waals surface area contributed by atoms with Gasteiger partial charge in [0, 0.05) is 12.5 Å². The van der Waals surface area contributed by atoms with Gasteiger partial charge in [-0.3, -0.25) is 4.79 Å². The van der Waals surface area contributed by atoms with Crippen LogP contribution < -0.4 is 5.32 Å². The molecule has 0 aromatic rings. The van der Waals surface area contributed by atoms with Crippen molar-refractivity contribution in [1.82, 2.24) is 10.2 Å². The maximum Gasteiger partial charge on any atom is 0.223 e. The second kappa shape index (κ2) is 8.52. The van der Waals surface area contributed by atoms with E-state index in [0.29, 0.717) is 5.92 Å². The maximum atomic E-state index is 12.1. The van der Waals surface area contributed by atoms with E-state index in [9.17, 15) is 4.79 Å². The Bertz CT molecular complexity index is 229. The number of likely N-dealkylation sites (tertiary alicyclic amines) is 1. The summed E-state index contributed by atoms with van der Waals surface area (Å²) in [6.07, 6.45) is 6.73. The Balaban J connectivity index is 2.25. The Hall–Kier alpha value is -0.570. The van der Waals surface area contributed by atoms with Crippen LogP contribution in [0.5, 0.6) is 0 Å². The van der Waals surface area contributed by atoms with Crippen molar-refractivity contribution in [2.75, 3.05) is 26.7 Å². The molecule has 106 valence electrons. The van der Waals surface area contributed by atoms with E-state index in [0.717, 1.165) is 32.2 Å². The highest BCUT2D eigenvalue weighted by molar-refractivity contribution is 5.78. The molecule has 3 heteroatoms. The van der Waals surface area contributed by atoms with Gasteiger partial charge in [-0.1, -0.05) is 26.7 Å². The van der Waals surface area contributed by atoms with Crippen molar-refractivity contribution in [3.8, 4) is 0 Å². The highest BCUT2D eigenvalue weighted by Gasteiger charge is 2.20. The van der Waals surface area contributed by atoms with Crippen LogP contribution in [0.2, 0.25) is 0 Å². The SMILES string of the molecule is CCCC(CCC)C(=O)NCC1CCN(C)CC1. The van der Waals surface area contributed by atoms with E-state index in [-0.39, 0.29) is 11.8 Å². The molecule has 0 radical (unpaired) electrons. The largest absolute Gasteiger partial charge is 0.356 e. The molecule has 3 nitrogen and oxygen atoms in total. The Morgan fingerprint density at radius 3 is 2.28 bits per heavy atom. The average molecular weight is 254 g/mol. The fourth-order valence-electron chi connectivity index (χ4n) is 2.76. The predicted octanol–water partition coefficient (Wildman–Crippen LogP) is 2.66. The molecule has 0 aromatic carbocycles. The summed E-state index contributed by atoms with van der Waals surface area (Å²) in [4.78, 5) is 14.5. The topological polar surface area (TPSA) is 32.3 Å². The lowest BCUT2D eigenvalue weighted by Gasteiger charge is -2.29. The van der Waals surface area contributed by atoms with Crippen LogP contribution in [-0.4, -0.2) is 37.5 Å². The number of carbonyl (C=O) groups is 1. The summed E-state index contributed by atoms with van der Waals surface area (Å²) in [6, 6.07) is 0. The number of rotatable bonds is 7. The third kappa shape index (κ3) is 5.38. The maximum absolute atomic E-state index is 12.1. The van der Waals surface area contributed by atoms with Crippen molar-refractivity contribution < 1.29 is 4.79 Å². The molecule has 0 aliphatic carbocycles. The fourth-order valence-corrected chi connectivity index (χ4v) is 2.76. The quantitative estimate of drug-likeness (QED) is 0.757. The first-order chi connectivity index (χ1) is 8.67. The molecule has 1 saturated heterocycles. The second-order valence-electron chi connectivity index (χ2n) is 5.77. The first-order valence-electron chi connectivity index (χ1n) is 7.63. The van der Waals surface area contributed by atoms with E-state index in [1.54, 1.807) is 0 Å². The minimum Gasteiger partial charge on any atom is -0.356 e. The second-order valence-corrected chi connectivity index (χ2v) is 5.77. The number of carbonyl (C=O) groups excluding carboxylic acids is 1. The molecule has 1 aliphatic rings. The van der Waals surface area contributed by atoms with Gasteiger partial charge in [-0.2, -0.15) is 0 Å². The molecule has 0 saturated carbocycles. The van der Waals surface area contributed by atoms with Crippen LogP contribution in [0.1, 0.15) is 52.4 Å². The molecule has 0 spiro atoms. The zero-order valence-corrected chi connectivity index (χ0v) is 12.4. The highest BCUT2D eigenvalue weighted by atomic mass is 16.1. The highest BCUT2D eigenvalue weighted by Crippen LogP contribution is 2.17. The fraction of sp³-hybridized carbons (Fsp3) is 0.933. The summed E-state index contributed by atoms with van der Waals surface area (Å²) in [7, 11) is 2.17. The molecule has 1 N–H and O–H groups in total. The van der Waals surface area contributed by atoms with Crippen molar-refractivity contribution >= 4 is 5.91 Å². The zero-order valence-electron chi connectivity index (χ0n) is 12.4. The van der Waals surface area contributed by atoms with Crippen molar-refractivity contribution in [3.05, 3.63) is 0 Å². The standard InChI is InChI=1S/C15H30N2O/c1-4-6-14(7-5-2)15(18)16-12-13-8-10-17(3)11-9-13/h13-14H,4-12H2,1-3H3,(H,16,18). The van der Waals surface area contributed by atoms with Gasteiger partial charge in [0.2, 0.25) is 5.91 Å². The van der Waals surface area contributed by atoms with E-state index in [2.05, 4.69) is 31.1 Å². The van der Waals surface area contributed by atoms with Crippen molar-refractivity contribution in [3.63, 3.8) is 0 Å². The molecule has 1 heterocycles. The van der Waals surface area contributed by atoms with Gasteiger partial charge in [-0.15, -0.1) is 0 Å². The van der Waals surface area contributed by atoms with E-state index in [1.807, 2.05) is 0 Å². The minimum atomic E-state index is 0.242. The van der Waals surface area contributed by atoms with Crippen LogP contribution in [0, 0.1) is 11.8 Å². The van der Waals surface area contributed by atoms with Crippen LogP contribution in [0.4, 0.5) is 0 Å². The molecule has 0 bridgehead atoms. The molecular weight excluding hydrogens is 224 g/mol. The number of piperidine rings is 1. The average Bonchev–Trinajstić information content (AvgIpc) is 2.37. The lowest BCUT2D eigenvalue weighted by atomic mass is 9.95. The van der Waals surface area contributed by atoms with Crippen molar-refractivity contribution in [2.45, 2.75) is 52.4 Å². The third-order valence-corrected chi connectivity index (χ3v) is 4.05. The van der Waals surface area contributed by atoms with Gasteiger partial charge in [0.15, 0.2) is 0 Å². The lowest BCUT2D eigenvalue weighted by molar-refractivity contribution is -0.125. The summed E-state index contributed by atoms with van der Waals surface area (Å²) in [5, 5.41) is 3.18. The Labute approximate surface area is 112 Å². The lowest BCUT2D eigenvalue weighted by Crippen LogP contribution is -2.39. The summed E-state index contributed by atoms with van der Waals surface area (Å²) in [6.45, 7) is 7.55. The molecule has 1 aliphatic heterocycles. The van der Waals surface area contributed by atoms with Crippen LogP contribution in [0.3, 0.4) is 0 Å². The number of hydrogen-bond acceptors (Lipinski definition) is 2. The van der Waals surface area contributed by atoms with Crippen LogP contribution in [0.15, 0.2) is 0 Å². The number of amides is 1. The van der Waals surface area contributed by atoms with E-state index >= 15 is 0 Å². The third-order valence-electron chi connectivity index (χ3n) is 4.05. The number of nitrogens with zero attached hydrogens (tertiary/aromatic N) is 1. The van der Waals surface area contributed by atoms with Crippen LogP contribution >= 0.6 is 0 Å². The van der Waals surface area contributed by atoms with Crippen molar-refractivity contribution in [1.29, 1.82) is 0 Å². The van der Waals surface area contributed by atoms with Crippen molar-refractivity contribution in [2.24, 2.45) is 11.8 Å². The Morgan fingerprint density at radius 1 is 1.22 bits per heavy atom. The normalized spacial score (nSPS) is 18.2. The molecule has 0 atom stereocenters. The molecule has 1 fully saturated rings. The zero-order chi connectivity index (χ0) is 13.4. The molecule has 0 aromatic heterocycles. The smallest absolute Gasteiger partial charge is 0.223 e. The molecule has 1 rings (SSSR count).